The van der Waals surface area contributed by atoms with Gasteiger partial charge in [0.1, 0.15) is 11.5 Å². The number of anilines is 1. The van der Waals surface area contributed by atoms with Gasteiger partial charge in [-0.15, -0.1) is 0 Å². The molecular weight excluding hydrogens is 412 g/mol. The fourth-order valence-electron chi connectivity index (χ4n) is 2.96. The number of aryl methyl sites for hydroxylation is 1. The van der Waals surface area contributed by atoms with Crippen molar-refractivity contribution in [3.8, 4) is 17.6 Å². The summed E-state index contributed by atoms with van der Waals surface area (Å²) in [7, 11) is 0. The third kappa shape index (κ3) is 6.54. The first-order valence-corrected chi connectivity index (χ1v) is 10.3. The monoisotopic (exact) mass is 434 g/mol. The van der Waals surface area contributed by atoms with Crippen molar-refractivity contribution in [1.82, 2.24) is 0 Å². The van der Waals surface area contributed by atoms with Crippen LogP contribution in [0.15, 0.2) is 77.0 Å². The van der Waals surface area contributed by atoms with Crippen LogP contribution >= 0.6 is 11.6 Å². The largest absolute Gasteiger partial charge is 0.457 e. The maximum Gasteiger partial charge on any atom is 0.127 e. The van der Waals surface area contributed by atoms with Crippen molar-refractivity contribution in [1.29, 1.82) is 5.26 Å². The molecule has 0 amide bonds. The molecule has 6 nitrogen and oxygen atoms in total. The Kier molecular flexibility index (Phi) is 7.99. The highest BCUT2D eigenvalue weighted by Crippen LogP contribution is 2.28. The van der Waals surface area contributed by atoms with E-state index in [1.807, 2.05) is 66.4 Å². The number of aliphatic hydroxyl groups is 1. The molecule has 1 N–H and O–H groups in total. The van der Waals surface area contributed by atoms with Crippen molar-refractivity contribution < 1.29 is 9.84 Å². The number of ether oxygens (including phenoxy) is 1. The van der Waals surface area contributed by atoms with E-state index in [4.69, 9.17) is 21.6 Å². The molecule has 0 aliphatic rings. The van der Waals surface area contributed by atoms with Crippen LogP contribution in [-0.2, 0) is 0 Å². The van der Waals surface area contributed by atoms with Crippen LogP contribution in [0.25, 0.3) is 0 Å². The average molecular weight is 435 g/mol. The molecule has 0 bridgehead atoms. The van der Waals surface area contributed by atoms with Crippen LogP contribution in [0.3, 0.4) is 0 Å². The highest BCUT2D eigenvalue weighted by atomic mass is 35.5. The van der Waals surface area contributed by atoms with Crippen molar-refractivity contribution in [3.63, 3.8) is 0 Å². The van der Waals surface area contributed by atoms with E-state index in [0.717, 1.165) is 16.9 Å². The van der Waals surface area contributed by atoms with E-state index in [2.05, 4.69) is 16.3 Å². The molecule has 0 radical (unpaired) electrons. The first-order valence-electron chi connectivity index (χ1n) is 9.87. The van der Waals surface area contributed by atoms with Gasteiger partial charge in [0, 0.05) is 23.8 Å². The van der Waals surface area contributed by atoms with E-state index in [1.54, 1.807) is 12.1 Å². The molecule has 3 aromatic rings. The third-order valence-electron chi connectivity index (χ3n) is 4.57. The van der Waals surface area contributed by atoms with Crippen LogP contribution in [0.5, 0.6) is 11.5 Å². The predicted octanol–water partition coefficient (Wildman–Crippen LogP) is 6.57. The minimum atomic E-state index is 0.0314. The molecule has 31 heavy (non-hydrogen) atoms. The van der Waals surface area contributed by atoms with Crippen molar-refractivity contribution in [2.75, 3.05) is 24.6 Å². The third-order valence-corrected chi connectivity index (χ3v) is 4.82. The summed E-state index contributed by atoms with van der Waals surface area (Å²) in [5.41, 5.74) is 3.38. The molecule has 3 aromatic carbocycles. The lowest BCUT2D eigenvalue weighted by atomic mass is 10.1. The van der Waals surface area contributed by atoms with Crippen LogP contribution in [0.2, 0.25) is 5.02 Å². The zero-order chi connectivity index (χ0) is 22.1. The molecule has 0 aromatic heterocycles. The number of azo groups is 1. The smallest absolute Gasteiger partial charge is 0.127 e. The number of halogens is 1. The van der Waals surface area contributed by atoms with E-state index in [-0.39, 0.29) is 6.61 Å². The molecule has 158 valence electrons. The number of benzene rings is 3. The van der Waals surface area contributed by atoms with Gasteiger partial charge in [0.25, 0.3) is 0 Å². The molecule has 0 fully saturated rings. The number of nitriles is 1. The summed E-state index contributed by atoms with van der Waals surface area (Å²) in [5.74, 6) is 1.41. The van der Waals surface area contributed by atoms with Gasteiger partial charge in [0.15, 0.2) is 0 Å². The zero-order valence-corrected chi connectivity index (χ0v) is 18.0. The Bertz CT molecular complexity index is 1060. The Morgan fingerprint density at radius 3 is 2.26 bits per heavy atom. The van der Waals surface area contributed by atoms with Gasteiger partial charge in [-0.25, -0.2) is 0 Å². The lowest BCUT2D eigenvalue weighted by Crippen LogP contribution is -2.27. The number of aliphatic hydroxyl groups excluding tert-OH is 1. The summed E-state index contributed by atoms with van der Waals surface area (Å²) in [4.78, 5) is 1.98. The lowest BCUT2D eigenvalue weighted by Gasteiger charge is -2.23. The summed E-state index contributed by atoms with van der Waals surface area (Å²) in [5, 5.41) is 27.4. The second kappa shape index (κ2) is 11.1. The predicted molar refractivity (Wildman–Crippen MR) is 123 cm³/mol. The van der Waals surface area contributed by atoms with Gasteiger partial charge >= 0.3 is 0 Å². The van der Waals surface area contributed by atoms with Gasteiger partial charge in [-0.1, -0.05) is 11.6 Å². The zero-order valence-electron chi connectivity index (χ0n) is 17.2. The number of hydrogen-bond donors (Lipinski definition) is 1. The Hall–Kier alpha value is -3.40. The van der Waals surface area contributed by atoms with Gasteiger partial charge in [0.05, 0.1) is 30.5 Å². The molecule has 0 aliphatic heterocycles. The molecule has 0 atom stereocenters. The maximum absolute atomic E-state index is 9.27. The highest BCUT2D eigenvalue weighted by molar-refractivity contribution is 6.30. The standard InChI is InChI=1S/C24H23ClN4O2/c1-18-17-21(29(15-16-30)14-2-13-26)7-12-24(18)28-27-20-5-10-23(11-6-20)31-22-8-3-19(25)4-9-22/h3-12,17,30H,2,14-16H2,1H3. The molecule has 0 spiro atoms. The molecule has 7 heteroatoms. The number of nitrogens with zero attached hydrogens (tertiary/aromatic N) is 4. The molecule has 0 unspecified atom stereocenters. The normalized spacial score (nSPS) is 10.8. The van der Waals surface area contributed by atoms with E-state index >= 15 is 0 Å². The Labute approximate surface area is 187 Å². The fourth-order valence-corrected chi connectivity index (χ4v) is 3.08. The van der Waals surface area contributed by atoms with Crippen LogP contribution in [-0.4, -0.2) is 24.8 Å². The fraction of sp³-hybridized carbons (Fsp3) is 0.208. The SMILES string of the molecule is Cc1cc(N(CCO)CCC#N)ccc1N=Nc1ccc(Oc2ccc(Cl)cc2)cc1. The van der Waals surface area contributed by atoms with E-state index < -0.39 is 0 Å². The molecule has 0 aliphatic carbocycles. The molecule has 0 heterocycles. The summed E-state index contributed by atoms with van der Waals surface area (Å²) >= 11 is 5.89. The van der Waals surface area contributed by atoms with E-state index in [1.165, 1.54) is 0 Å². The van der Waals surface area contributed by atoms with Gasteiger partial charge in [-0.05, 0) is 79.2 Å². The lowest BCUT2D eigenvalue weighted by molar-refractivity contribution is 0.302. The second-order valence-electron chi connectivity index (χ2n) is 6.84. The summed E-state index contributed by atoms with van der Waals surface area (Å²) in [6.45, 7) is 3.04. The summed E-state index contributed by atoms with van der Waals surface area (Å²) < 4.78 is 5.78. The number of rotatable bonds is 9. The molecule has 3 rings (SSSR count). The average Bonchev–Trinajstić information content (AvgIpc) is 2.78. The van der Waals surface area contributed by atoms with Crippen LogP contribution in [0, 0.1) is 18.3 Å². The molecule has 0 saturated carbocycles. The van der Waals surface area contributed by atoms with Crippen LogP contribution in [0.1, 0.15) is 12.0 Å². The van der Waals surface area contributed by atoms with Crippen molar-refractivity contribution in [2.24, 2.45) is 10.2 Å². The van der Waals surface area contributed by atoms with E-state index in [0.29, 0.717) is 41.7 Å². The van der Waals surface area contributed by atoms with Gasteiger partial charge < -0.3 is 14.7 Å². The minimum Gasteiger partial charge on any atom is -0.457 e. The first kappa shape index (κ1) is 22.3. The molecule has 0 saturated heterocycles. The minimum absolute atomic E-state index is 0.0314. The van der Waals surface area contributed by atoms with E-state index in [9.17, 15) is 5.11 Å². The van der Waals surface area contributed by atoms with Gasteiger partial charge in [-0.3, -0.25) is 0 Å². The summed E-state index contributed by atoms with van der Waals surface area (Å²) in [6, 6.07) is 22.5. The first-order chi connectivity index (χ1) is 15.1. The van der Waals surface area contributed by atoms with Gasteiger partial charge in [0.2, 0.25) is 0 Å². The quantitative estimate of drug-likeness (QED) is 0.386. The van der Waals surface area contributed by atoms with Crippen molar-refractivity contribution in [2.45, 2.75) is 13.3 Å². The van der Waals surface area contributed by atoms with Crippen LogP contribution < -0.4 is 9.64 Å². The topological polar surface area (TPSA) is 81.2 Å². The maximum atomic E-state index is 9.27. The molecular formula is C24H23ClN4O2. The van der Waals surface area contributed by atoms with Crippen molar-refractivity contribution >= 4 is 28.7 Å². The Morgan fingerprint density at radius 1 is 0.968 bits per heavy atom. The number of hydrogen-bond acceptors (Lipinski definition) is 6. The Balaban J connectivity index is 1.66. The van der Waals surface area contributed by atoms with Crippen molar-refractivity contribution in [3.05, 3.63) is 77.3 Å². The van der Waals surface area contributed by atoms with Crippen LogP contribution in [0.4, 0.5) is 17.1 Å². The van der Waals surface area contributed by atoms with Gasteiger partial charge in [-0.2, -0.15) is 15.5 Å². The highest BCUT2D eigenvalue weighted by Gasteiger charge is 2.08. The Morgan fingerprint density at radius 2 is 1.65 bits per heavy atom. The summed E-state index contributed by atoms with van der Waals surface area (Å²) in [6.07, 6.45) is 0.401. The second-order valence-corrected chi connectivity index (χ2v) is 7.28.